The largest absolute Gasteiger partial charge is 0.505 e. The molecule has 1 aliphatic carbocycles. The highest BCUT2D eigenvalue weighted by Crippen LogP contribution is 2.38. The van der Waals surface area contributed by atoms with Crippen molar-refractivity contribution in [2.75, 3.05) is 0 Å². The first-order valence-electron chi connectivity index (χ1n) is 5.85. The summed E-state index contributed by atoms with van der Waals surface area (Å²) in [7, 11) is 0. The van der Waals surface area contributed by atoms with Crippen LogP contribution in [0.25, 0.3) is 11.3 Å². The lowest BCUT2D eigenvalue weighted by Crippen LogP contribution is -2.01. The summed E-state index contributed by atoms with van der Waals surface area (Å²) < 4.78 is 13.0. The van der Waals surface area contributed by atoms with Crippen molar-refractivity contribution in [2.24, 2.45) is 5.73 Å². The van der Waals surface area contributed by atoms with E-state index in [2.05, 4.69) is 4.98 Å². The van der Waals surface area contributed by atoms with Gasteiger partial charge in [0, 0.05) is 23.7 Å². The molecule has 0 amide bonds. The molecule has 0 saturated heterocycles. The second kappa shape index (κ2) is 4.07. The first kappa shape index (κ1) is 11.2. The van der Waals surface area contributed by atoms with Crippen LogP contribution in [0.4, 0.5) is 4.39 Å². The third-order valence-electron chi connectivity index (χ3n) is 3.30. The zero-order valence-corrected chi connectivity index (χ0v) is 9.68. The number of pyridine rings is 1. The molecule has 1 fully saturated rings. The normalized spacial score (nSPS) is 21.9. The maximum atomic E-state index is 13.0. The van der Waals surface area contributed by atoms with Crippen molar-refractivity contribution in [3.05, 3.63) is 47.9 Å². The summed E-state index contributed by atoms with van der Waals surface area (Å²) in [6.07, 6.45) is 2.81. The molecule has 1 heterocycles. The average Bonchev–Trinajstić information content (AvgIpc) is 3.10. The highest BCUT2D eigenvalue weighted by Gasteiger charge is 2.34. The third-order valence-corrected chi connectivity index (χ3v) is 3.30. The SMILES string of the molecule is N[C@@H]1C[C@H]1c1ccc(-c2ccc(F)c(O)c2)nc1. The number of phenols is 1. The maximum absolute atomic E-state index is 13.0. The number of nitrogens with two attached hydrogens (primary N) is 1. The minimum absolute atomic E-state index is 0.257. The number of benzene rings is 1. The van der Waals surface area contributed by atoms with Gasteiger partial charge in [0.25, 0.3) is 0 Å². The Kier molecular flexibility index (Phi) is 2.52. The van der Waals surface area contributed by atoms with Gasteiger partial charge in [-0.25, -0.2) is 4.39 Å². The van der Waals surface area contributed by atoms with E-state index in [0.29, 0.717) is 17.2 Å². The van der Waals surface area contributed by atoms with Crippen molar-refractivity contribution in [1.29, 1.82) is 0 Å². The smallest absolute Gasteiger partial charge is 0.164 e. The van der Waals surface area contributed by atoms with Gasteiger partial charge in [0.2, 0.25) is 0 Å². The molecule has 2 aromatic rings. The van der Waals surface area contributed by atoms with E-state index in [0.717, 1.165) is 12.0 Å². The fourth-order valence-corrected chi connectivity index (χ4v) is 2.07. The molecule has 3 rings (SSSR count). The second-order valence-electron chi connectivity index (χ2n) is 4.65. The first-order valence-corrected chi connectivity index (χ1v) is 5.85. The Bertz CT molecular complexity index is 583. The Morgan fingerprint density at radius 2 is 2.06 bits per heavy atom. The van der Waals surface area contributed by atoms with Crippen LogP contribution in [0, 0.1) is 5.82 Å². The van der Waals surface area contributed by atoms with Gasteiger partial charge in [-0.3, -0.25) is 4.98 Å². The van der Waals surface area contributed by atoms with E-state index in [-0.39, 0.29) is 11.8 Å². The molecule has 0 aliphatic heterocycles. The molecule has 1 saturated carbocycles. The van der Waals surface area contributed by atoms with E-state index in [1.54, 1.807) is 12.3 Å². The molecule has 0 unspecified atom stereocenters. The Morgan fingerprint density at radius 1 is 1.28 bits per heavy atom. The minimum atomic E-state index is -0.626. The predicted molar refractivity (Wildman–Crippen MR) is 66.6 cm³/mol. The van der Waals surface area contributed by atoms with Crippen LogP contribution in [-0.4, -0.2) is 16.1 Å². The molecule has 3 N–H and O–H groups in total. The molecular formula is C14H13FN2O. The van der Waals surface area contributed by atoms with Crippen LogP contribution in [0.3, 0.4) is 0 Å². The molecule has 0 radical (unpaired) electrons. The van der Waals surface area contributed by atoms with E-state index >= 15 is 0 Å². The summed E-state index contributed by atoms with van der Waals surface area (Å²) >= 11 is 0. The fourth-order valence-electron chi connectivity index (χ4n) is 2.07. The first-order chi connectivity index (χ1) is 8.65. The van der Waals surface area contributed by atoms with Gasteiger partial charge < -0.3 is 10.8 Å². The number of phenolic OH excluding ortho intramolecular Hbond substituents is 1. The summed E-state index contributed by atoms with van der Waals surface area (Å²) in [6.45, 7) is 0. The monoisotopic (exact) mass is 244 g/mol. The fraction of sp³-hybridized carbons (Fsp3) is 0.214. The Labute approximate surface area is 104 Å². The standard InChI is InChI=1S/C14H13FN2O/c15-11-3-1-8(5-14(11)18)13-4-2-9(7-17-13)10-6-12(10)16/h1-5,7,10,12,18H,6,16H2/t10-,12+/m0/s1. The molecule has 2 atom stereocenters. The summed E-state index contributed by atoms with van der Waals surface area (Å²) in [5.41, 5.74) is 8.32. The number of aromatic hydroxyl groups is 1. The molecule has 0 spiro atoms. The highest BCUT2D eigenvalue weighted by molar-refractivity contribution is 5.61. The molecule has 18 heavy (non-hydrogen) atoms. The lowest BCUT2D eigenvalue weighted by atomic mass is 10.1. The van der Waals surface area contributed by atoms with E-state index in [4.69, 9.17) is 5.73 Å². The van der Waals surface area contributed by atoms with E-state index < -0.39 is 5.82 Å². The van der Waals surface area contributed by atoms with Gasteiger partial charge in [-0.05, 0) is 36.2 Å². The number of halogens is 1. The molecule has 0 bridgehead atoms. The second-order valence-corrected chi connectivity index (χ2v) is 4.65. The van der Waals surface area contributed by atoms with E-state index in [1.807, 2.05) is 12.1 Å². The Balaban J connectivity index is 1.89. The minimum Gasteiger partial charge on any atom is -0.505 e. The number of nitrogens with zero attached hydrogens (tertiary/aromatic N) is 1. The number of rotatable bonds is 2. The van der Waals surface area contributed by atoms with E-state index in [1.165, 1.54) is 12.1 Å². The van der Waals surface area contributed by atoms with Crippen LogP contribution in [-0.2, 0) is 0 Å². The topological polar surface area (TPSA) is 59.1 Å². The van der Waals surface area contributed by atoms with Crippen molar-refractivity contribution in [3.8, 4) is 17.0 Å². The van der Waals surface area contributed by atoms with Gasteiger partial charge in [-0.15, -0.1) is 0 Å². The van der Waals surface area contributed by atoms with Crippen molar-refractivity contribution >= 4 is 0 Å². The van der Waals surface area contributed by atoms with Gasteiger partial charge in [0.05, 0.1) is 5.69 Å². The molecule has 92 valence electrons. The van der Waals surface area contributed by atoms with Crippen molar-refractivity contribution < 1.29 is 9.50 Å². The summed E-state index contributed by atoms with van der Waals surface area (Å²) in [5.74, 6) is -0.560. The van der Waals surface area contributed by atoms with Crippen LogP contribution in [0.15, 0.2) is 36.5 Å². The molecule has 1 aromatic carbocycles. The lowest BCUT2D eigenvalue weighted by molar-refractivity contribution is 0.432. The van der Waals surface area contributed by atoms with Crippen molar-refractivity contribution in [2.45, 2.75) is 18.4 Å². The molecule has 4 heteroatoms. The van der Waals surface area contributed by atoms with Gasteiger partial charge in [-0.1, -0.05) is 6.07 Å². The zero-order chi connectivity index (χ0) is 12.7. The molecule has 1 aliphatic rings. The highest BCUT2D eigenvalue weighted by atomic mass is 19.1. The van der Waals surface area contributed by atoms with Crippen LogP contribution < -0.4 is 5.73 Å². The zero-order valence-electron chi connectivity index (χ0n) is 9.68. The quantitative estimate of drug-likeness (QED) is 0.852. The Morgan fingerprint density at radius 3 is 2.61 bits per heavy atom. The average molecular weight is 244 g/mol. The van der Waals surface area contributed by atoms with E-state index in [9.17, 15) is 9.50 Å². The van der Waals surface area contributed by atoms with Gasteiger partial charge >= 0.3 is 0 Å². The predicted octanol–water partition coefficient (Wildman–Crippen LogP) is 2.41. The molecular weight excluding hydrogens is 231 g/mol. The van der Waals surface area contributed by atoms with Crippen LogP contribution in [0.2, 0.25) is 0 Å². The lowest BCUT2D eigenvalue weighted by Gasteiger charge is -2.04. The maximum Gasteiger partial charge on any atom is 0.164 e. The number of aromatic nitrogens is 1. The van der Waals surface area contributed by atoms with Gasteiger partial charge in [-0.2, -0.15) is 0 Å². The van der Waals surface area contributed by atoms with Gasteiger partial charge in [0.15, 0.2) is 11.6 Å². The van der Waals surface area contributed by atoms with Gasteiger partial charge in [0.1, 0.15) is 0 Å². The van der Waals surface area contributed by atoms with Crippen LogP contribution in [0.1, 0.15) is 17.9 Å². The molecule has 3 nitrogen and oxygen atoms in total. The van der Waals surface area contributed by atoms with Crippen LogP contribution >= 0.6 is 0 Å². The third kappa shape index (κ3) is 1.95. The van der Waals surface area contributed by atoms with Crippen molar-refractivity contribution in [3.63, 3.8) is 0 Å². The van der Waals surface area contributed by atoms with Crippen molar-refractivity contribution in [1.82, 2.24) is 4.98 Å². The number of hydrogen-bond acceptors (Lipinski definition) is 3. The Hall–Kier alpha value is -1.94. The molecule has 1 aromatic heterocycles. The summed E-state index contributed by atoms with van der Waals surface area (Å²) in [6, 6.07) is 8.32. The number of hydrogen-bond donors (Lipinski definition) is 2. The summed E-state index contributed by atoms with van der Waals surface area (Å²) in [4.78, 5) is 4.33. The van der Waals surface area contributed by atoms with Crippen LogP contribution in [0.5, 0.6) is 5.75 Å². The summed E-state index contributed by atoms with van der Waals surface area (Å²) in [5, 5.41) is 9.33.